The number of aliphatic hydroxyl groups is 1. The Hall–Kier alpha value is -1.55. The van der Waals surface area contributed by atoms with Gasteiger partial charge in [-0.05, 0) is 18.6 Å². The van der Waals surface area contributed by atoms with E-state index in [0.29, 0.717) is 18.7 Å². The number of carbonyl (C=O) groups is 1. The second kappa shape index (κ2) is 7.14. The molecule has 1 aromatic carbocycles. The van der Waals surface area contributed by atoms with Gasteiger partial charge in [0.2, 0.25) is 0 Å². The van der Waals surface area contributed by atoms with Crippen molar-refractivity contribution in [3.8, 4) is 5.75 Å². The Morgan fingerprint density at radius 2 is 2.00 bits per heavy atom. The molecule has 1 amide bonds. The summed E-state index contributed by atoms with van der Waals surface area (Å²) in [6.45, 7) is 6.16. The predicted molar refractivity (Wildman–Crippen MR) is 75.0 cm³/mol. The zero-order valence-electron chi connectivity index (χ0n) is 11.8. The first-order chi connectivity index (χ1) is 8.98. The lowest BCUT2D eigenvalue weighted by molar-refractivity contribution is -0.128. The van der Waals surface area contributed by atoms with E-state index in [-0.39, 0.29) is 17.9 Å². The molecule has 1 unspecified atom stereocenters. The molecule has 0 fully saturated rings. The molecule has 0 heterocycles. The normalized spacial score (nSPS) is 12.8. The molecule has 0 aliphatic heterocycles. The van der Waals surface area contributed by atoms with Crippen LogP contribution in [0.25, 0.3) is 0 Å². The molecule has 0 radical (unpaired) electrons. The second-order valence-electron chi connectivity index (χ2n) is 5.37. The zero-order valence-corrected chi connectivity index (χ0v) is 11.8. The van der Waals surface area contributed by atoms with Crippen LogP contribution in [0.4, 0.5) is 0 Å². The highest BCUT2D eigenvalue weighted by molar-refractivity contribution is 5.81. The highest BCUT2D eigenvalue weighted by Crippen LogP contribution is 2.14. The second-order valence-corrected chi connectivity index (χ2v) is 5.37. The summed E-state index contributed by atoms with van der Waals surface area (Å²) in [7, 11) is 0. The van der Waals surface area contributed by atoms with Crippen LogP contribution in [0, 0.1) is 5.41 Å². The third-order valence-electron chi connectivity index (χ3n) is 2.85. The zero-order chi connectivity index (χ0) is 14.3. The van der Waals surface area contributed by atoms with Gasteiger partial charge in [-0.15, -0.1) is 0 Å². The van der Waals surface area contributed by atoms with Crippen LogP contribution in [0.15, 0.2) is 30.3 Å². The average molecular weight is 265 g/mol. The molecule has 2 N–H and O–H groups in total. The maximum atomic E-state index is 12.0. The monoisotopic (exact) mass is 265 g/mol. The molecule has 0 saturated carbocycles. The van der Waals surface area contributed by atoms with Gasteiger partial charge < -0.3 is 15.2 Å². The van der Waals surface area contributed by atoms with Crippen molar-refractivity contribution < 1.29 is 14.6 Å². The van der Waals surface area contributed by atoms with E-state index in [1.165, 1.54) is 0 Å². The smallest absolute Gasteiger partial charge is 0.261 e. The summed E-state index contributed by atoms with van der Waals surface area (Å²) in [6.07, 6.45) is 0.0946. The van der Waals surface area contributed by atoms with E-state index >= 15 is 0 Å². The van der Waals surface area contributed by atoms with E-state index in [0.717, 1.165) is 0 Å². The number of hydrogen-bond donors (Lipinski definition) is 2. The van der Waals surface area contributed by atoms with Crippen LogP contribution in [-0.2, 0) is 4.79 Å². The lowest BCUT2D eigenvalue weighted by Gasteiger charge is -2.24. The minimum atomic E-state index is -0.503. The van der Waals surface area contributed by atoms with Crippen molar-refractivity contribution in [3.05, 3.63) is 30.3 Å². The number of benzene rings is 1. The fourth-order valence-corrected chi connectivity index (χ4v) is 1.48. The third-order valence-corrected chi connectivity index (χ3v) is 2.85. The number of hydrogen-bond acceptors (Lipinski definition) is 3. The van der Waals surface area contributed by atoms with Crippen molar-refractivity contribution in [2.24, 2.45) is 5.41 Å². The van der Waals surface area contributed by atoms with Crippen molar-refractivity contribution in [3.63, 3.8) is 0 Å². The Morgan fingerprint density at radius 1 is 1.37 bits per heavy atom. The van der Waals surface area contributed by atoms with Crippen molar-refractivity contribution >= 4 is 5.91 Å². The van der Waals surface area contributed by atoms with Crippen molar-refractivity contribution in [1.29, 1.82) is 0 Å². The SMILES string of the molecule is CCC(Oc1ccccc1)C(=O)NCC(C)(C)CO. The number of nitrogens with one attached hydrogen (secondary N) is 1. The van der Waals surface area contributed by atoms with E-state index < -0.39 is 6.10 Å². The summed E-state index contributed by atoms with van der Waals surface area (Å²) < 4.78 is 5.65. The topological polar surface area (TPSA) is 58.6 Å². The highest BCUT2D eigenvalue weighted by atomic mass is 16.5. The molecule has 106 valence electrons. The molecule has 0 saturated heterocycles. The van der Waals surface area contributed by atoms with E-state index in [2.05, 4.69) is 5.32 Å². The number of para-hydroxylation sites is 1. The van der Waals surface area contributed by atoms with E-state index in [9.17, 15) is 4.79 Å². The number of carbonyl (C=O) groups excluding carboxylic acids is 1. The molecular formula is C15H23NO3. The van der Waals surface area contributed by atoms with Crippen LogP contribution in [0.1, 0.15) is 27.2 Å². The van der Waals surface area contributed by atoms with Gasteiger partial charge in [0.1, 0.15) is 5.75 Å². The molecule has 19 heavy (non-hydrogen) atoms. The van der Waals surface area contributed by atoms with Crippen molar-refractivity contribution in [1.82, 2.24) is 5.32 Å². The summed E-state index contributed by atoms with van der Waals surface area (Å²) in [4.78, 5) is 12.0. The largest absolute Gasteiger partial charge is 0.481 e. The molecule has 4 nitrogen and oxygen atoms in total. The molecule has 0 aromatic heterocycles. The standard InChI is InChI=1S/C15H23NO3/c1-4-13(19-12-8-6-5-7-9-12)14(18)16-10-15(2,3)11-17/h5-9,13,17H,4,10-11H2,1-3H3,(H,16,18). The molecule has 1 rings (SSSR count). The molecule has 0 aliphatic carbocycles. The van der Waals surface area contributed by atoms with Crippen LogP contribution < -0.4 is 10.1 Å². The van der Waals surface area contributed by atoms with Crippen molar-refractivity contribution in [2.75, 3.05) is 13.2 Å². The van der Waals surface area contributed by atoms with Gasteiger partial charge in [-0.2, -0.15) is 0 Å². The Bertz CT molecular complexity index is 390. The quantitative estimate of drug-likeness (QED) is 0.792. The van der Waals surface area contributed by atoms with Gasteiger partial charge in [-0.3, -0.25) is 4.79 Å². The van der Waals surface area contributed by atoms with Gasteiger partial charge >= 0.3 is 0 Å². The molecule has 0 spiro atoms. The first kappa shape index (κ1) is 15.5. The number of ether oxygens (including phenoxy) is 1. The molecule has 0 aliphatic rings. The maximum absolute atomic E-state index is 12.0. The van der Waals surface area contributed by atoms with Crippen LogP contribution in [0.5, 0.6) is 5.75 Å². The van der Waals surface area contributed by atoms with Gasteiger partial charge in [0.15, 0.2) is 6.10 Å². The molecule has 1 aromatic rings. The maximum Gasteiger partial charge on any atom is 0.261 e. The Balaban J connectivity index is 2.53. The lowest BCUT2D eigenvalue weighted by atomic mass is 9.95. The van der Waals surface area contributed by atoms with E-state index in [4.69, 9.17) is 9.84 Å². The minimum Gasteiger partial charge on any atom is -0.481 e. The number of aliphatic hydroxyl groups excluding tert-OH is 1. The fraction of sp³-hybridized carbons (Fsp3) is 0.533. The summed E-state index contributed by atoms with van der Waals surface area (Å²) >= 11 is 0. The predicted octanol–water partition coefficient (Wildman–Crippen LogP) is 1.98. The highest BCUT2D eigenvalue weighted by Gasteiger charge is 2.22. The van der Waals surface area contributed by atoms with E-state index in [1.807, 2.05) is 51.1 Å². The summed E-state index contributed by atoms with van der Waals surface area (Å²) in [5.41, 5.74) is -0.319. The Kier molecular flexibility index (Phi) is 5.83. The summed E-state index contributed by atoms with van der Waals surface area (Å²) in [6, 6.07) is 9.29. The molecule has 0 bridgehead atoms. The van der Waals surface area contributed by atoms with Gasteiger partial charge in [-0.25, -0.2) is 0 Å². The number of amides is 1. The van der Waals surface area contributed by atoms with Gasteiger partial charge in [0.05, 0.1) is 0 Å². The van der Waals surface area contributed by atoms with Crippen molar-refractivity contribution in [2.45, 2.75) is 33.3 Å². The average Bonchev–Trinajstić information content (AvgIpc) is 2.43. The van der Waals surface area contributed by atoms with Crippen LogP contribution >= 0.6 is 0 Å². The van der Waals surface area contributed by atoms with Crippen LogP contribution in [-0.4, -0.2) is 30.3 Å². The Labute approximate surface area is 114 Å². The summed E-state index contributed by atoms with van der Waals surface area (Å²) in [5.74, 6) is 0.541. The third kappa shape index (κ3) is 5.30. The lowest BCUT2D eigenvalue weighted by Crippen LogP contribution is -2.43. The van der Waals surface area contributed by atoms with Crippen LogP contribution in [0.3, 0.4) is 0 Å². The fourth-order valence-electron chi connectivity index (χ4n) is 1.48. The van der Waals surface area contributed by atoms with Crippen LogP contribution in [0.2, 0.25) is 0 Å². The minimum absolute atomic E-state index is 0.0314. The first-order valence-electron chi connectivity index (χ1n) is 6.59. The molecular weight excluding hydrogens is 242 g/mol. The number of rotatable bonds is 7. The Morgan fingerprint density at radius 3 is 2.53 bits per heavy atom. The first-order valence-corrected chi connectivity index (χ1v) is 6.59. The molecule has 1 atom stereocenters. The van der Waals surface area contributed by atoms with E-state index in [1.54, 1.807) is 0 Å². The van der Waals surface area contributed by atoms with Gasteiger partial charge in [-0.1, -0.05) is 39.0 Å². The summed E-state index contributed by atoms with van der Waals surface area (Å²) in [5, 5.41) is 12.0. The van der Waals surface area contributed by atoms with Gasteiger partial charge in [0, 0.05) is 18.6 Å². The molecule has 4 heteroatoms. The van der Waals surface area contributed by atoms with Gasteiger partial charge in [0.25, 0.3) is 5.91 Å².